The number of piperidine rings is 1. The van der Waals surface area contributed by atoms with Gasteiger partial charge < -0.3 is 20.1 Å². The molecule has 142 valence electrons. The van der Waals surface area contributed by atoms with E-state index in [0.29, 0.717) is 12.6 Å². The summed E-state index contributed by atoms with van der Waals surface area (Å²) in [5.74, 6) is 0.599. The molecule has 0 atom stereocenters. The molecule has 6 nitrogen and oxygen atoms in total. The molecule has 0 spiro atoms. The van der Waals surface area contributed by atoms with E-state index in [1.807, 2.05) is 19.1 Å². The molecule has 1 aliphatic rings. The Hall–Kier alpha value is -1.84. The summed E-state index contributed by atoms with van der Waals surface area (Å²) >= 11 is 0. The molecule has 0 radical (unpaired) electrons. The third-order valence-electron chi connectivity index (χ3n) is 4.24. The summed E-state index contributed by atoms with van der Waals surface area (Å²) in [6.45, 7) is 5.11. The fourth-order valence-electron chi connectivity index (χ4n) is 2.95. The van der Waals surface area contributed by atoms with Crippen molar-refractivity contribution < 1.29 is 8.91 Å². The molecule has 1 aliphatic heterocycles. The van der Waals surface area contributed by atoms with Crippen molar-refractivity contribution in [3.63, 3.8) is 0 Å². The van der Waals surface area contributed by atoms with Gasteiger partial charge in [0.2, 0.25) is 0 Å². The van der Waals surface area contributed by atoms with Crippen LogP contribution < -0.4 is 15.5 Å². The zero-order chi connectivity index (χ0) is 17.5. The average Bonchev–Trinajstić information content (AvgIpc) is 3.14. The maximum absolute atomic E-state index is 13.4. The molecule has 1 fully saturated rings. The van der Waals surface area contributed by atoms with Crippen molar-refractivity contribution in [2.24, 2.45) is 4.99 Å². The molecule has 8 heteroatoms. The number of nitrogens with one attached hydrogen (secondary N) is 2. The Labute approximate surface area is 170 Å². The predicted octanol–water partition coefficient (Wildman–Crippen LogP) is 3.16. The molecule has 26 heavy (non-hydrogen) atoms. The number of aliphatic imine (C=N–C) groups is 1. The standard InChI is InChI=1S/C18H24FN5O.HI/c1-2-20-18(21-13-16-8-11-25-23-16)22-15-6-9-24(10-7-15)17-5-3-4-14(19)12-17;/h3-5,8,11-12,15H,2,6-7,9-10,13H2,1H3,(H2,20,21,22);1H. The first-order valence-corrected chi connectivity index (χ1v) is 8.69. The van der Waals surface area contributed by atoms with Crippen LogP contribution in [0.1, 0.15) is 25.5 Å². The van der Waals surface area contributed by atoms with E-state index in [-0.39, 0.29) is 29.8 Å². The Balaban J connectivity index is 0.00000243. The molecule has 2 heterocycles. The average molecular weight is 473 g/mol. The Morgan fingerprint density at radius 2 is 2.15 bits per heavy atom. The lowest BCUT2D eigenvalue weighted by molar-refractivity contribution is 0.412. The van der Waals surface area contributed by atoms with Crippen LogP contribution in [0, 0.1) is 5.82 Å². The van der Waals surface area contributed by atoms with E-state index >= 15 is 0 Å². The van der Waals surface area contributed by atoms with E-state index in [1.165, 1.54) is 6.07 Å². The molecule has 1 aromatic heterocycles. The molecule has 0 saturated carbocycles. The third kappa shape index (κ3) is 5.86. The molecule has 0 amide bonds. The summed E-state index contributed by atoms with van der Waals surface area (Å²) in [7, 11) is 0. The Morgan fingerprint density at radius 3 is 2.81 bits per heavy atom. The molecule has 0 unspecified atom stereocenters. The van der Waals surface area contributed by atoms with Crippen LogP contribution in [0.15, 0.2) is 46.1 Å². The second-order valence-corrected chi connectivity index (χ2v) is 6.07. The molecule has 0 bridgehead atoms. The molecule has 1 aromatic carbocycles. The van der Waals surface area contributed by atoms with Gasteiger partial charge in [0.25, 0.3) is 0 Å². The van der Waals surface area contributed by atoms with Gasteiger partial charge in [-0.3, -0.25) is 0 Å². The number of hydrogen-bond donors (Lipinski definition) is 2. The Kier molecular flexibility index (Phi) is 8.14. The lowest BCUT2D eigenvalue weighted by Gasteiger charge is -2.34. The van der Waals surface area contributed by atoms with Crippen molar-refractivity contribution in [3.05, 3.63) is 48.1 Å². The second-order valence-electron chi connectivity index (χ2n) is 6.07. The van der Waals surface area contributed by atoms with E-state index in [4.69, 9.17) is 4.52 Å². The van der Waals surface area contributed by atoms with Crippen LogP contribution in [0.2, 0.25) is 0 Å². The number of halogens is 2. The highest BCUT2D eigenvalue weighted by Gasteiger charge is 2.20. The van der Waals surface area contributed by atoms with Crippen LogP contribution in [-0.2, 0) is 6.54 Å². The summed E-state index contributed by atoms with van der Waals surface area (Å²) < 4.78 is 18.2. The van der Waals surface area contributed by atoms with Crippen molar-refractivity contribution in [3.8, 4) is 0 Å². The van der Waals surface area contributed by atoms with Gasteiger partial charge in [-0.15, -0.1) is 24.0 Å². The summed E-state index contributed by atoms with van der Waals surface area (Å²) in [4.78, 5) is 6.77. The molecular formula is C18H25FIN5O. The normalized spacial score (nSPS) is 15.5. The van der Waals surface area contributed by atoms with E-state index in [1.54, 1.807) is 18.4 Å². The highest BCUT2D eigenvalue weighted by molar-refractivity contribution is 14.0. The molecule has 2 N–H and O–H groups in total. The van der Waals surface area contributed by atoms with E-state index in [0.717, 1.165) is 49.8 Å². The van der Waals surface area contributed by atoms with Crippen LogP contribution in [0.5, 0.6) is 0 Å². The van der Waals surface area contributed by atoms with E-state index < -0.39 is 0 Å². The monoisotopic (exact) mass is 473 g/mol. The summed E-state index contributed by atoms with van der Waals surface area (Å²) in [5, 5.41) is 10.6. The first-order chi connectivity index (χ1) is 12.2. The largest absolute Gasteiger partial charge is 0.371 e. The van der Waals surface area contributed by atoms with Gasteiger partial charge in [-0.1, -0.05) is 11.2 Å². The minimum Gasteiger partial charge on any atom is -0.371 e. The van der Waals surface area contributed by atoms with Crippen molar-refractivity contribution >= 4 is 35.6 Å². The van der Waals surface area contributed by atoms with Crippen LogP contribution in [0.3, 0.4) is 0 Å². The quantitative estimate of drug-likeness (QED) is 0.397. The highest BCUT2D eigenvalue weighted by atomic mass is 127. The predicted molar refractivity (Wildman–Crippen MR) is 112 cm³/mol. The minimum absolute atomic E-state index is 0. The van der Waals surface area contributed by atoms with Crippen molar-refractivity contribution in [1.82, 2.24) is 15.8 Å². The number of aromatic nitrogens is 1. The molecule has 1 saturated heterocycles. The topological polar surface area (TPSA) is 65.7 Å². The molecular weight excluding hydrogens is 448 g/mol. The molecule has 3 rings (SSSR count). The zero-order valence-corrected chi connectivity index (χ0v) is 17.2. The lowest BCUT2D eigenvalue weighted by atomic mass is 10.0. The van der Waals surface area contributed by atoms with Crippen LogP contribution >= 0.6 is 24.0 Å². The summed E-state index contributed by atoms with van der Waals surface area (Å²) in [5.41, 5.74) is 1.75. The van der Waals surface area contributed by atoms with E-state index in [2.05, 4.69) is 25.7 Å². The first-order valence-electron chi connectivity index (χ1n) is 8.69. The maximum Gasteiger partial charge on any atom is 0.191 e. The highest BCUT2D eigenvalue weighted by Crippen LogP contribution is 2.20. The number of hydrogen-bond acceptors (Lipinski definition) is 4. The minimum atomic E-state index is -0.188. The van der Waals surface area contributed by atoms with Crippen LogP contribution in [0.25, 0.3) is 0 Å². The van der Waals surface area contributed by atoms with Gasteiger partial charge in [0.1, 0.15) is 17.8 Å². The number of nitrogens with zero attached hydrogens (tertiary/aromatic N) is 3. The smallest absolute Gasteiger partial charge is 0.191 e. The van der Waals surface area contributed by atoms with Crippen molar-refractivity contribution in [1.29, 1.82) is 0 Å². The van der Waals surface area contributed by atoms with E-state index in [9.17, 15) is 4.39 Å². The van der Waals surface area contributed by atoms with Gasteiger partial charge in [0.15, 0.2) is 5.96 Å². The van der Waals surface area contributed by atoms with Crippen molar-refractivity contribution in [2.75, 3.05) is 24.5 Å². The maximum atomic E-state index is 13.4. The van der Waals surface area contributed by atoms with Gasteiger partial charge >= 0.3 is 0 Å². The summed E-state index contributed by atoms with van der Waals surface area (Å²) in [6.07, 6.45) is 3.50. The van der Waals surface area contributed by atoms with Gasteiger partial charge in [0, 0.05) is 37.4 Å². The SMILES string of the molecule is CCNC(=NCc1ccon1)NC1CCN(c2cccc(F)c2)CC1.I. The lowest BCUT2D eigenvalue weighted by Crippen LogP contribution is -2.48. The van der Waals surface area contributed by atoms with Crippen LogP contribution in [0.4, 0.5) is 10.1 Å². The van der Waals surface area contributed by atoms with Gasteiger partial charge in [-0.2, -0.15) is 0 Å². The fourth-order valence-corrected chi connectivity index (χ4v) is 2.95. The number of anilines is 1. The molecule has 2 aromatic rings. The Bertz CT molecular complexity index is 687. The third-order valence-corrected chi connectivity index (χ3v) is 4.24. The number of benzene rings is 1. The number of rotatable bonds is 5. The molecule has 0 aliphatic carbocycles. The Morgan fingerprint density at radius 1 is 1.35 bits per heavy atom. The second kappa shape index (κ2) is 10.3. The zero-order valence-electron chi connectivity index (χ0n) is 14.8. The van der Waals surface area contributed by atoms with Gasteiger partial charge in [-0.05, 0) is 38.0 Å². The first kappa shape index (κ1) is 20.5. The van der Waals surface area contributed by atoms with Crippen molar-refractivity contribution in [2.45, 2.75) is 32.4 Å². The fraction of sp³-hybridized carbons (Fsp3) is 0.444. The van der Waals surface area contributed by atoms with Gasteiger partial charge in [0.05, 0.1) is 6.54 Å². The number of guanidine groups is 1. The van der Waals surface area contributed by atoms with Gasteiger partial charge in [-0.25, -0.2) is 9.38 Å². The van der Waals surface area contributed by atoms with Crippen LogP contribution in [-0.4, -0.2) is 36.8 Å². The summed E-state index contributed by atoms with van der Waals surface area (Å²) in [6, 6.07) is 8.95.